The van der Waals surface area contributed by atoms with Crippen molar-refractivity contribution in [2.24, 2.45) is 0 Å². The summed E-state index contributed by atoms with van der Waals surface area (Å²) in [7, 11) is 1.59. The lowest BCUT2D eigenvalue weighted by Gasteiger charge is -2.20. The number of aromatic amines is 1. The van der Waals surface area contributed by atoms with E-state index in [-0.39, 0.29) is 5.91 Å². The van der Waals surface area contributed by atoms with Crippen molar-refractivity contribution in [1.29, 1.82) is 0 Å². The van der Waals surface area contributed by atoms with Crippen molar-refractivity contribution in [1.82, 2.24) is 9.88 Å². The summed E-state index contributed by atoms with van der Waals surface area (Å²) < 4.78 is 10.4. The van der Waals surface area contributed by atoms with Gasteiger partial charge in [-0.15, -0.1) is 0 Å². The summed E-state index contributed by atoms with van der Waals surface area (Å²) in [6.07, 6.45) is 1.58. The van der Waals surface area contributed by atoms with Crippen LogP contribution in [0.5, 0.6) is 0 Å². The number of methoxy groups -OCH3 is 1. The van der Waals surface area contributed by atoms with Crippen molar-refractivity contribution < 1.29 is 13.9 Å². The lowest BCUT2D eigenvalue weighted by molar-refractivity contribution is 0.0662. The summed E-state index contributed by atoms with van der Waals surface area (Å²) >= 11 is 12.4. The Balaban J connectivity index is 1.92. The Hall–Kier alpha value is -1.95. The maximum absolute atomic E-state index is 12.9. The Morgan fingerprint density at radius 3 is 2.88 bits per heavy atom. The van der Waals surface area contributed by atoms with Crippen LogP contribution >= 0.6 is 23.2 Å². The molecule has 0 atom stereocenters. The van der Waals surface area contributed by atoms with Crippen molar-refractivity contribution in [3.8, 4) is 0 Å². The first kappa shape index (κ1) is 16.9. The molecule has 5 nitrogen and oxygen atoms in total. The Morgan fingerprint density at radius 2 is 2.17 bits per heavy atom. The summed E-state index contributed by atoms with van der Waals surface area (Å²) in [5.74, 6) is 0.468. The molecule has 0 aliphatic rings. The molecule has 0 fully saturated rings. The van der Waals surface area contributed by atoms with Crippen molar-refractivity contribution in [2.75, 3.05) is 20.3 Å². The standard InChI is InChI=1S/C17H16Cl2N2O3/c1-23-8-6-21(10-12-3-2-7-24-12)17(22)16-15(19)13-9-11(18)4-5-14(13)20-16/h2-5,7,9,20H,6,8,10H2,1H3. The largest absolute Gasteiger partial charge is 0.467 e. The van der Waals surface area contributed by atoms with E-state index in [1.54, 1.807) is 42.5 Å². The lowest BCUT2D eigenvalue weighted by atomic mass is 10.2. The Morgan fingerprint density at radius 1 is 1.33 bits per heavy atom. The second-order valence-electron chi connectivity index (χ2n) is 5.30. The van der Waals surface area contributed by atoms with Crippen LogP contribution in [0.3, 0.4) is 0 Å². The number of rotatable bonds is 6. The Labute approximate surface area is 149 Å². The number of benzene rings is 1. The fourth-order valence-electron chi connectivity index (χ4n) is 2.48. The SMILES string of the molecule is COCCN(Cc1ccco1)C(=O)c1[nH]c2ccc(Cl)cc2c1Cl. The number of furan rings is 1. The van der Waals surface area contributed by atoms with E-state index >= 15 is 0 Å². The molecule has 1 N–H and O–H groups in total. The number of hydrogen-bond donors (Lipinski definition) is 1. The third-order valence-electron chi connectivity index (χ3n) is 3.69. The predicted molar refractivity (Wildman–Crippen MR) is 93.6 cm³/mol. The molecule has 0 saturated carbocycles. The minimum atomic E-state index is -0.222. The quantitative estimate of drug-likeness (QED) is 0.704. The first-order valence-corrected chi connectivity index (χ1v) is 8.13. The fraction of sp³-hybridized carbons (Fsp3) is 0.235. The molecule has 0 radical (unpaired) electrons. The van der Waals surface area contributed by atoms with E-state index in [0.717, 1.165) is 10.9 Å². The van der Waals surface area contributed by atoms with Gasteiger partial charge < -0.3 is 19.0 Å². The van der Waals surface area contributed by atoms with E-state index < -0.39 is 0 Å². The summed E-state index contributed by atoms with van der Waals surface area (Å²) in [4.78, 5) is 17.6. The average molecular weight is 367 g/mol. The summed E-state index contributed by atoms with van der Waals surface area (Å²) in [6.45, 7) is 1.17. The zero-order valence-electron chi connectivity index (χ0n) is 13.0. The zero-order valence-corrected chi connectivity index (χ0v) is 14.5. The number of carbonyl (C=O) groups excluding carboxylic acids is 1. The molecule has 7 heteroatoms. The van der Waals surface area contributed by atoms with Crippen LogP contribution in [0.25, 0.3) is 10.9 Å². The van der Waals surface area contributed by atoms with E-state index in [4.69, 9.17) is 32.4 Å². The van der Waals surface area contributed by atoms with Crippen molar-refractivity contribution >= 4 is 40.0 Å². The molecular weight excluding hydrogens is 351 g/mol. The summed E-state index contributed by atoms with van der Waals surface area (Å²) in [5.41, 5.74) is 1.09. The van der Waals surface area contributed by atoms with Crippen LogP contribution in [0.2, 0.25) is 10.0 Å². The van der Waals surface area contributed by atoms with Gasteiger partial charge in [0.15, 0.2) is 0 Å². The van der Waals surface area contributed by atoms with E-state index in [9.17, 15) is 4.79 Å². The molecule has 0 aliphatic heterocycles. The minimum Gasteiger partial charge on any atom is -0.467 e. The van der Waals surface area contributed by atoms with Gasteiger partial charge in [-0.05, 0) is 30.3 Å². The van der Waals surface area contributed by atoms with Crippen molar-refractivity contribution in [3.63, 3.8) is 0 Å². The van der Waals surface area contributed by atoms with Gasteiger partial charge >= 0.3 is 0 Å². The molecule has 0 bridgehead atoms. The molecule has 24 heavy (non-hydrogen) atoms. The van der Waals surface area contributed by atoms with Gasteiger partial charge in [-0.2, -0.15) is 0 Å². The topological polar surface area (TPSA) is 58.5 Å². The molecule has 2 aromatic heterocycles. The van der Waals surface area contributed by atoms with Gasteiger partial charge in [0.25, 0.3) is 5.91 Å². The Kier molecular flexibility index (Phi) is 5.14. The number of amides is 1. The molecule has 0 spiro atoms. The van der Waals surface area contributed by atoms with Gasteiger partial charge in [-0.25, -0.2) is 0 Å². The van der Waals surface area contributed by atoms with E-state index in [2.05, 4.69) is 4.98 Å². The number of aromatic nitrogens is 1. The number of nitrogens with one attached hydrogen (secondary N) is 1. The second kappa shape index (κ2) is 7.30. The summed E-state index contributed by atoms with van der Waals surface area (Å²) in [6, 6.07) is 8.88. The molecule has 2 heterocycles. The molecule has 1 aromatic carbocycles. The van der Waals surface area contributed by atoms with Gasteiger partial charge in [0.2, 0.25) is 0 Å². The predicted octanol–water partition coefficient (Wildman–Crippen LogP) is 4.36. The van der Waals surface area contributed by atoms with E-state index in [1.807, 2.05) is 6.07 Å². The van der Waals surface area contributed by atoms with Crippen LogP contribution in [0.15, 0.2) is 41.0 Å². The van der Waals surface area contributed by atoms with E-state index in [0.29, 0.717) is 41.2 Å². The van der Waals surface area contributed by atoms with Crippen LogP contribution in [0.1, 0.15) is 16.2 Å². The number of ether oxygens (including phenoxy) is 1. The summed E-state index contributed by atoms with van der Waals surface area (Å²) in [5, 5.41) is 1.64. The highest BCUT2D eigenvalue weighted by molar-refractivity contribution is 6.39. The van der Waals surface area contributed by atoms with Crippen LogP contribution in [0.4, 0.5) is 0 Å². The molecule has 3 aromatic rings. The van der Waals surface area contributed by atoms with Gasteiger partial charge in [0, 0.05) is 29.6 Å². The number of carbonyl (C=O) groups is 1. The molecule has 0 aliphatic carbocycles. The van der Waals surface area contributed by atoms with Gasteiger partial charge in [-0.1, -0.05) is 23.2 Å². The molecular formula is C17H16Cl2N2O3. The third kappa shape index (κ3) is 3.43. The number of H-pyrrole nitrogens is 1. The number of hydrogen-bond acceptors (Lipinski definition) is 3. The van der Waals surface area contributed by atoms with Crippen LogP contribution in [-0.4, -0.2) is 36.1 Å². The first-order valence-electron chi connectivity index (χ1n) is 7.37. The molecule has 1 amide bonds. The molecule has 3 rings (SSSR count). The normalized spacial score (nSPS) is 11.1. The number of halogens is 2. The smallest absolute Gasteiger partial charge is 0.272 e. The number of nitrogens with zero attached hydrogens (tertiary/aromatic N) is 1. The third-order valence-corrected chi connectivity index (χ3v) is 4.32. The van der Waals surface area contributed by atoms with Gasteiger partial charge in [0.05, 0.1) is 24.4 Å². The molecule has 0 saturated heterocycles. The van der Waals surface area contributed by atoms with Gasteiger partial charge in [-0.3, -0.25) is 4.79 Å². The lowest BCUT2D eigenvalue weighted by Crippen LogP contribution is -2.33. The highest BCUT2D eigenvalue weighted by Gasteiger charge is 2.23. The van der Waals surface area contributed by atoms with Gasteiger partial charge in [0.1, 0.15) is 11.5 Å². The number of fused-ring (bicyclic) bond motifs is 1. The maximum Gasteiger partial charge on any atom is 0.272 e. The molecule has 0 unspecified atom stereocenters. The monoisotopic (exact) mass is 366 g/mol. The highest BCUT2D eigenvalue weighted by atomic mass is 35.5. The molecule has 126 valence electrons. The van der Waals surface area contributed by atoms with Crippen LogP contribution in [0, 0.1) is 0 Å². The second-order valence-corrected chi connectivity index (χ2v) is 6.12. The zero-order chi connectivity index (χ0) is 17.1. The van der Waals surface area contributed by atoms with Crippen LogP contribution < -0.4 is 0 Å². The van der Waals surface area contributed by atoms with Crippen molar-refractivity contribution in [2.45, 2.75) is 6.54 Å². The highest BCUT2D eigenvalue weighted by Crippen LogP contribution is 2.30. The Bertz CT molecular complexity index is 843. The average Bonchev–Trinajstić information content (AvgIpc) is 3.19. The van der Waals surface area contributed by atoms with Crippen molar-refractivity contribution in [3.05, 3.63) is 58.1 Å². The van der Waals surface area contributed by atoms with E-state index in [1.165, 1.54) is 0 Å². The first-order chi connectivity index (χ1) is 11.6. The van der Waals surface area contributed by atoms with Crippen LogP contribution in [-0.2, 0) is 11.3 Å². The fourth-order valence-corrected chi connectivity index (χ4v) is 2.94. The maximum atomic E-state index is 12.9. The minimum absolute atomic E-state index is 0.222.